The van der Waals surface area contributed by atoms with Gasteiger partial charge < -0.3 is 14.6 Å². The third kappa shape index (κ3) is 4.92. The first-order chi connectivity index (χ1) is 21.7. The number of pyridine rings is 2. The molecule has 8 rings (SSSR count). The lowest BCUT2D eigenvalue weighted by molar-refractivity contribution is -0.123. The van der Waals surface area contributed by atoms with Gasteiger partial charge >= 0.3 is 6.03 Å². The van der Waals surface area contributed by atoms with E-state index < -0.39 is 0 Å². The van der Waals surface area contributed by atoms with E-state index in [0.29, 0.717) is 35.6 Å². The number of aromatic nitrogens is 5. The van der Waals surface area contributed by atoms with Gasteiger partial charge in [-0.3, -0.25) is 19.6 Å². The number of anilines is 3. The number of imide groups is 1. The number of hydrogen-bond acceptors (Lipinski definition) is 8. The highest BCUT2D eigenvalue weighted by Crippen LogP contribution is 2.53. The number of likely N-dealkylation sites (N-methyl/N-ethyl adjacent to an activating group) is 1. The third-order valence-electron chi connectivity index (χ3n) is 9.21. The van der Waals surface area contributed by atoms with E-state index in [1.165, 1.54) is 17.5 Å². The molecule has 0 bridgehead atoms. The van der Waals surface area contributed by atoms with Crippen molar-refractivity contribution in [1.29, 1.82) is 0 Å². The molecular weight excluding hydrogens is 566 g/mol. The summed E-state index contributed by atoms with van der Waals surface area (Å²) in [7, 11) is 5.61. The maximum atomic E-state index is 12.9. The lowest BCUT2D eigenvalue weighted by Gasteiger charge is -2.18. The quantitative estimate of drug-likeness (QED) is 0.242. The van der Waals surface area contributed by atoms with Crippen molar-refractivity contribution in [3.8, 4) is 0 Å². The van der Waals surface area contributed by atoms with Crippen molar-refractivity contribution in [3.05, 3.63) is 83.5 Å². The van der Waals surface area contributed by atoms with Crippen LogP contribution in [0.25, 0.3) is 16.6 Å². The molecule has 228 valence electrons. The van der Waals surface area contributed by atoms with E-state index >= 15 is 0 Å². The summed E-state index contributed by atoms with van der Waals surface area (Å²) in [5.74, 6) is 1.80. The van der Waals surface area contributed by atoms with E-state index in [9.17, 15) is 9.59 Å². The Bertz CT molecular complexity index is 2010. The topological polar surface area (TPSA) is 112 Å². The zero-order valence-corrected chi connectivity index (χ0v) is 25.9. The molecule has 3 amide bonds. The second-order valence-corrected chi connectivity index (χ2v) is 12.8. The molecule has 2 aliphatic carbocycles. The monoisotopic (exact) mass is 601 g/mol. The van der Waals surface area contributed by atoms with Crippen molar-refractivity contribution >= 4 is 45.6 Å². The Balaban J connectivity index is 1.08. The fraction of sp³-hybridized carbons (Fsp3) is 0.353. The first-order valence-electron chi connectivity index (χ1n) is 15.5. The van der Waals surface area contributed by atoms with Crippen LogP contribution >= 0.6 is 0 Å². The van der Waals surface area contributed by atoms with Crippen molar-refractivity contribution in [2.24, 2.45) is 0 Å². The molecule has 1 aromatic carbocycles. The number of carbonyl (C=O) groups is 2. The smallest absolute Gasteiger partial charge is 0.331 e. The molecule has 2 atom stereocenters. The lowest BCUT2D eigenvalue weighted by Crippen LogP contribution is -2.30. The van der Waals surface area contributed by atoms with E-state index in [2.05, 4.69) is 50.6 Å². The Morgan fingerprint density at radius 3 is 2.58 bits per heavy atom. The number of carbonyl (C=O) groups excluding carboxylic acids is 2. The van der Waals surface area contributed by atoms with Gasteiger partial charge in [-0.15, -0.1) is 0 Å². The lowest BCUT2D eigenvalue weighted by atomic mass is 10.1. The third-order valence-corrected chi connectivity index (χ3v) is 9.21. The fourth-order valence-electron chi connectivity index (χ4n) is 6.42. The summed E-state index contributed by atoms with van der Waals surface area (Å²) in [6.07, 6.45) is 9.23. The van der Waals surface area contributed by atoms with Gasteiger partial charge in [0, 0.05) is 79.7 Å². The summed E-state index contributed by atoms with van der Waals surface area (Å²) in [5, 5.41) is 4.67. The number of aryl methyl sites for hydroxylation is 1. The molecule has 5 heterocycles. The Kier molecular flexibility index (Phi) is 6.26. The number of fused-ring (bicyclic) bond motifs is 2. The SMILES string of the molecule is Cc1ccnc([C@H]2C[C@@H]2c2ccc3c(N(C)C)cc(NCc4cn5cc(C6CC6)cc(N6CC(=O)N(C)C6=O)c5n4)cc3n2)n1. The molecule has 4 aromatic heterocycles. The minimum Gasteiger partial charge on any atom is -0.379 e. The number of nitrogens with one attached hydrogen (secondary N) is 1. The molecule has 0 unspecified atom stereocenters. The van der Waals surface area contributed by atoms with Crippen LogP contribution in [0.3, 0.4) is 0 Å². The molecule has 1 saturated heterocycles. The van der Waals surface area contributed by atoms with E-state index in [1.807, 2.05) is 49.9 Å². The van der Waals surface area contributed by atoms with E-state index in [1.54, 1.807) is 4.90 Å². The summed E-state index contributed by atoms with van der Waals surface area (Å²) < 4.78 is 2.00. The molecule has 3 fully saturated rings. The average molecular weight is 602 g/mol. The summed E-state index contributed by atoms with van der Waals surface area (Å²) >= 11 is 0. The Hall–Kier alpha value is -5.06. The fourth-order valence-corrected chi connectivity index (χ4v) is 6.42. The van der Waals surface area contributed by atoms with Crippen molar-refractivity contribution in [2.45, 2.75) is 50.5 Å². The van der Waals surface area contributed by atoms with Gasteiger partial charge in [-0.05, 0) is 74.1 Å². The van der Waals surface area contributed by atoms with Gasteiger partial charge in [0.05, 0.1) is 23.4 Å². The zero-order valence-electron chi connectivity index (χ0n) is 25.9. The number of imidazole rings is 1. The van der Waals surface area contributed by atoms with E-state index in [0.717, 1.165) is 64.4 Å². The molecule has 0 spiro atoms. The van der Waals surface area contributed by atoms with Crippen LogP contribution in [0.5, 0.6) is 0 Å². The van der Waals surface area contributed by atoms with Crippen LogP contribution in [0.4, 0.5) is 21.9 Å². The molecule has 3 aliphatic rings. The number of urea groups is 1. The first kappa shape index (κ1) is 27.5. The Morgan fingerprint density at radius 1 is 1.00 bits per heavy atom. The number of amides is 3. The van der Waals surface area contributed by atoms with Crippen LogP contribution in [0.1, 0.15) is 65.5 Å². The largest absolute Gasteiger partial charge is 0.379 e. The molecule has 45 heavy (non-hydrogen) atoms. The number of benzene rings is 1. The normalized spacial score (nSPS) is 19.6. The summed E-state index contributed by atoms with van der Waals surface area (Å²) in [6.45, 7) is 2.51. The van der Waals surface area contributed by atoms with Crippen LogP contribution in [0.2, 0.25) is 0 Å². The van der Waals surface area contributed by atoms with Crippen molar-refractivity contribution in [2.75, 3.05) is 42.8 Å². The van der Waals surface area contributed by atoms with Crippen molar-refractivity contribution in [1.82, 2.24) is 29.2 Å². The number of rotatable bonds is 8. The van der Waals surface area contributed by atoms with Gasteiger partial charge in [0.25, 0.3) is 0 Å². The average Bonchev–Trinajstić information content (AvgIpc) is 3.96. The molecule has 0 radical (unpaired) electrons. The van der Waals surface area contributed by atoms with Crippen LogP contribution in [-0.4, -0.2) is 68.9 Å². The maximum absolute atomic E-state index is 12.9. The summed E-state index contributed by atoms with van der Waals surface area (Å²) in [5.41, 5.74) is 8.37. The highest BCUT2D eigenvalue weighted by Gasteiger charge is 2.43. The highest BCUT2D eigenvalue weighted by atomic mass is 16.2. The van der Waals surface area contributed by atoms with Crippen LogP contribution in [0, 0.1) is 6.92 Å². The Labute approximate surface area is 260 Å². The van der Waals surface area contributed by atoms with Crippen molar-refractivity contribution in [3.63, 3.8) is 0 Å². The van der Waals surface area contributed by atoms with E-state index in [4.69, 9.17) is 9.97 Å². The maximum Gasteiger partial charge on any atom is 0.331 e. The standard InChI is InChI=1S/C34H35N9O2/c1-19-9-10-35-32(37-19)26-14-25(26)27-8-7-24-28(39-27)12-22(13-29(24)40(2)3)36-15-23-17-42-16-21(20-5-6-20)11-30(33(42)38-23)43-18-31(44)41(4)34(43)45/h7-13,16-17,20,25-26,36H,5-6,14-15,18H2,1-4H3/t25-,26-/m0/s1. The number of hydrogen-bond donors (Lipinski definition) is 1. The molecule has 1 aliphatic heterocycles. The predicted molar refractivity (Wildman–Crippen MR) is 173 cm³/mol. The van der Waals surface area contributed by atoms with Crippen molar-refractivity contribution < 1.29 is 9.59 Å². The van der Waals surface area contributed by atoms with Crippen LogP contribution in [-0.2, 0) is 11.3 Å². The van der Waals surface area contributed by atoms with Gasteiger partial charge in [-0.1, -0.05) is 0 Å². The molecule has 2 saturated carbocycles. The van der Waals surface area contributed by atoms with Crippen LogP contribution in [0.15, 0.2) is 55.0 Å². The van der Waals surface area contributed by atoms with Gasteiger partial charge in [-0.25, -0.2) is 19.7 Å². The summed E-state index contributed by atoms with van der Waals surface area (Å²) in [4.78, 5) is 49.3. The highest BCUT2D eigenvalue weighted by molar-refractivity contribution is 6.13. The molecule has 11 nitrogen and oxygen atoms in total. The Morgan fingerprint density at radius 2 is 1.84 bits per heavy atom. The minimum atomic E-state index is -0.319. The molecular formula is C34H35N9O2. The van der Waals surface area contributed by atoms with Gasteiger partial charge in [0.1, 0.15) is 12.4 Å². The molecule has 1 N–H and O–H groups in total. The zero-order chi connectivity index (χ0) is 31.0. The second-order valence-electron chi connectivity index (χ2n) is 12.8. The van der Waals surface area contributed by atoms with Crippen LogP contribution < -0.4 is 15.1 Å². The number of nitrogens with zero attached hydrogens (tertiary/aromatic N) is 8. The molecule has 5 aromatic rings. The predicted octanol–water partition coefficient (Wildman–Crippen LogP) is 5.21. The van der Waals surface area contributed by atoms with Gasteiger partial charge in [0.2, 0.25) is 5.91 Å². The van der Waals surface area contributed by atoms with Gasteiger partial charge in [0.15, 0.2) is 5.65 Å². The van der Waals surface area contributed by atoms with E-state index in [-0.39, 0.29) is 18.5 Å². The molecule has 11 heteroatoms. The second kappa shape index (κ2) is 10.3. The summed E-state index contributed by atoms with van der Waals surface area (Å²) in [6, 6.07) is 12.2. The first-order valence-corrected chi connectivity index (χ1v) is 15.5. The van der Waals surface area contributed by atoms with Gasteiger partial charge in [-0.2, -0.15) is 0 Å². The minimum absolute atomic E-state index is 0.0264.